The van der Waals surface area contributed by atoms with E-state index < -0.39 is 0 Å². The molecule has 0 aliphatic heterocycles. The molecule has 1 aromatic heterocycles. The minimum Gasteiger partial charge on any atom is -0.334 e. The molecule has 2 fully saturated rings. The van der Waals surface area contributed by atoms with E-state index in [0.29, 0.717) is 12.1 Å². The van der Waals surface area contributed by atoms with E-state index in [1.165, 1.54) is 25.7 Å². The van der Waals surface area contributed by atoms with Gasteiger partial charge in [-0.1, -0.05) is 13.3 Å². The highest BCUT2D eigenvalue weighted by atomic mass is 15.0. The number of aliphatic imine (C=N–C) groups is 2. The van der Waals surface area contributed by atoms with E-state index in [-0.39, 0.29) is 0 Å². The van der Waals surface area contributed by atoms with E-state index in [4.69, 9.17) is 0 Å². The predicted molar refractivity (Wildman–Crippen MR) is 82.4 cm³/mol. The van der Waals surface area contributed by atoms with E-state index in [9.17, 15) is 0 Å². The number of fused-ring (bicyclic) bond motifs is 2. The summed E-state index contributed by atoms with van der Waals surface area (Å²) >= 11 is 0. The van der Waals surface area contributed by atoms with Crippen molar-refractivity contribution in [1.82, 2.24) is 9.55 Å². The maximum atomic E-state index is 4.65. The standard InChI is InChI=1S/C16H24N4/c1-2-15(20-8-7-18-12-20)5-6-17-11-19-16-10-13-3-4-14(16)9-13/h6-8,11-16H,2-5,9-10H2,1H3. The number of hydrogen-bond acceptors (Lipinski definition) is 2. The molecule has 2 saturated carbocycles. The topological polar surface area (TPSA) is 42.5 Å². The van der Waals surface area contributed by atoms with Gasteiger partial charge in [-0.2, -0.15) is 0 Å². The van der Waals surface area contributed by atoms with E-state index in [1.54, 1.807) is 6.34 Å². The van der Waals surface area contributed by atoms with Crippen molar-refractivity contribution >= 4 is 12.6 Å². The van der Waals surface area contributed by atoms with Crippen LogP contribution in [0.5, 0.6) is 0 Å². The molecule has 0 aromatic carbocycles. The van der Waals surface area contributed by atoms with Crippen LogP contribution in [0.4, 0.5) is 0 Å². The summed E-state index contributed by atoms with van der Waals surface area (Å²) in [4.78, 5) is 13.1. The van der Waals surface area contributed by atoms with Gasteiger partial charge in [-0.3, -0.25) is 4.99 Å². The first kappa shape index (κ1) is 13.5. The van der Waals surface area contributed by atoms with Gasteiger partial charge in [-0.25, -0.2) is 9.98 Å². The average molecular weight is 272 g/mol. The van der Waals surface area contributed by atoms with Gasteiger partial charge in [-0.05, 0) is 37.5 Å². The Labute approximate surface area is 121 Å². The van der Waals surface area contributed by atoms with Crippen molar-refractivity contribution in [3.05, 3.63) is 18.7 Å². The Morgan fingerprint density at radius 1 is 1.40 bits per heavy atom. The maximum absolute atomic E-state index is 4.65. The molecule has 2 aliphatic carbocycles. The third kappa shape index (κ3) is 3.00. The van der Waals surface area contributed by atoms with Gasteiger partial charge in [-0.15, -0.1) is 0 Å². The molecule has 4 nitrogen and oxygen atoms in total. The van der Waals surface area contributed by atoms with Crippen LogP contribution in [0.1, 0.15) is 51.5 Å². The Morgan fingerprint density at radius 2 is 2.35 bits per heavy atom. The van der Waals surface area contributed by atoms with Crippen molar-refractivity contribution in [3.63, 3.8) is 0 Å². The fraction of sp³-hybridized carbons (Fsp3) is 0.688. The third-order valence-electron chi connectivity index (χ3n) is 4.93. The zero-order chi connectivity index (χ0) is 13.8. The summed E-state index contributed by atoms with van der Waals surface area (Å²) in [6.45, 7) is 2.20. The lowest BCUT2D eigenvalue weighted by Crippen LogP contribution is -2.13. The van der Waals surface area contributed by atoms with Crippen LogP contribution in [0.2, 0.25) is 0 Å². The van der Waals surface area contributed by atoms with Crippen molar-refractivity contribution in [2.75, 3.05) is 0 Å². The number of aromatic nitrogens is 2. The normalized spacial score (nSPS) is 30.8. The zero-order valence-corrected chi connectivity index (χ0v) is 12.2. The lowest BCUT2D eigenvalue weighted by atomic mass is 9.96. The second kappa shape index (κ2) is 6.33. The first-order valence-electron chi connectivity index (χ1n) is 7.87. The van der Waals surface area contributed by atoms with Crippen molar-refractivity contribution in [2.24, 2.45) is 21.8 Å². The molecule has 2 bridgehead atoms. The lowest BCUT2D eigenvalue weighted by Gasteiger charge is -2.16. The van der Waals surface area contributed by atoms with E-state index in [2.05, 4.69) is 26.5 Å². The van der Waals surface area contributed by atoms with Gasteiger partial charge in [0.05, 0.1) is 12.4 Å². The largest absolute Gasteiger partial charge is 0.334 e. The van der Waals surface area contributed by atoms with Crippen LogP contribution in [-0.2, 0) is 0 Å². The summed E-state index contributed by atoms with van der Waals surface area (Å²) in [5.41, 5.74) is 0. The molecule has 4 atom stereocenters. The Hall–Kier alpha value is -1.45. The first-order chi connectivity index (χ1) is 9.86. The van der Waals surface area contributed by atoms with Crippen LogP contribution < -0.4 is 0 Å². The number of imidazole rings is 1. The Kier molecular flexibility index (Phi) is 4.28. The molecule has 20 heavy (non-hydrogen) atoms. The number of rotatable bonds is 6. The van der Waals surface area contributed by atoms with Crippen molar-refractivity contribution in [2.45, 2.75) is 57.5 Å². The van der Waals surface area contributed by atoms with Gasteiger partial charge in [0.2, 0.25) is 0 Å². The molecule has 4 heteroatoms. The molecule has 0 saturated heterocycles. The maximum Gasteiger partial charge on any atom is 0.109 e. The van der Waals surface area contributed by atoms with Crippen LogP contribution in [0, 0.1) is 11.8 Å². The van der Waals surface area contributed by atoms with Gasteiger partial charge in [0.25, 0.3) is 0 Å². The molecular formula is C16H24N4. The molecule has 0 amide bonds. The fourth-order valence-electron chi connectivity index (χ4n) is 3.73. The van der Waals surface area contributed by atoms with Gasteiger partial charge >= 0.3 is 0 Å². The van der Waals surface area contributed by atoms with Crippen molar-refractivity contribution in [1.29, 1.82) is 0 Å². The van der Waals surface area contributed by atoms with Crippen LogP contribution >= 0.6 is 0 Å². The molecule has 1 heterocycles. The minimum atomic E-state index is 0.456. The van der Waals surface area contributed by atoms with Gasteiger partial charge in [0.15, 0.2) is 0 Å². The molecule has 0 spiro atoms. The summed E-state index contributed by atoms with van der Waals surface area (Å²) in [6.07, 6.45) is 17.1. The van der Waals surface area contributed by atoms with Crippen molar-refractivity contribution < 1.29 is 0 Å². The Morgan fingerprint density at radius 3 is 3.00 bits per heavy atom. The monoisotopic (exact) mass is 272 g/mol. The summed E-state index contributed by atoms with van der Waals surface area (Å²) in [5.74, 6) is 1.80. The van der Waals surface area contributed by atoms with Crippen LogP contribution in [0.15, 0.2) is 28.7 Å². The summed E-state index contributed by atoms with van der Waals surface area (Å²) < 4.78 is 2.15. The first-order valence-corrected chi connectivity index (χ1v) is 7.87. The van der Waals surface area contributed by atoms with Crippen LogP contribution in [0.3, 0.4) is 0 Å². The molecule has 0 N–H and O–H groups in total. The van der Waals surface area contributed by atoms with E-state index in [0.717, 1.165) is 24.7 Å². The predicted octanol–water partition coefficient (Wildman–Crippen LogP) is 3.51. The lowest BCUT2D eigenvalue weighted by molar-refractivity contribution is 0.421. The zero-order valence-electron chi connectivity index (χ0n) is 12.2. The third-order valence-corrected chi connectivity index (χ3v) is 4.93. The highest BCUT2D eigenvalue weighted by molar-refractivity contribution is 5.72. The molecule has 3 rings (SSSR count). The van der Waals surface area contributed by atoms with Crippen molar-refractivity contribution in [3.8, 4) is 0 Å². The molecule has 1 aromatic rings. The Balaban J connectivity index is 1.46. The highest BCUT2D eigenvalue weighted by Gasteiger charge is 2.38. The fourth-order valence-corrected chi connectivity index (χ4v) is 3.73. The highest BCUT2D eigenvalue weighted by Crippen LogP contribution is 2.45. The summed E-state index contributed by atoms with van der Waals surface area (Å²) in [5, 5.41) is 0. The van der Waals surface area contributed by atoms with Gasteiger partial charge < -0.3 is 4.57 Å². The number of nitrogens with zero attached hydrogens (tertiary/aromatic N) is 4. The molecule has 2 aliphatic rings. The summed E-state index contributed by atoms with van der Waals surface area (Å²) in [6, 6.07) is 1.01. The second-order valence-electron chi connectivity index (χ2n) is 6.15. The smallest absolute Gasteiger partial charge is 0.109 e. The SMILES string of the molecule is CCC(CC=NC=NC1CC2CCC1C2)n1ccnc1. The quantitative estimate of drug-likeness (QED) is 0.577. The van der Waals surface area contributed by atoms with E-state index in [1.807, 2.05) is 24.9 Å². The van der Waals surface area contributed by atoms with Gasteiger partial charge in [0.1, 0.15) is 6.34 Å². The second-order valence-corrected chi connectivity index (χ2v) is 6.15. The molecular weight excluding hydrogens is 248 g/mol. The molecule has 108 valence electrons. The number of hydrogen-bond donors (Lipinski definition) is 0. The summed E-state index contributed by atoms with van der Waals surface area (Å²) in [7, 11) is 0. The van der Waals surface area contributed by atoms with Crippen LogP contribution in [0.25, 0.3) is 0 Å². The van der Waals surface area contributed by atoms with Gasteiger partial charge in [0, 0.05) is 31.1 Å². The molecule has 4 unspecified atom stereocenters. The minimum absolute atomic E-state index is 0.456. The molecule has 0 radical (unpaired) electrons. The van der Waals surface area contributed by atoms with E-state index >= 15 is 0 Å². The Bertz CT molecular complexity index is 463. The average Bonchev–Trinajstić information content (AvgIpc) is 3.19. The van der Waals surface area contributed by atoms with Crippen LogP contribution in [-0.4, -0.2) is 28.1 Å².